The smallest absolute Gasteiger partial charge is 0.163 e. The van der Waals surface area contributed by atoms with Crippen LogP contribution in [0, 0.1) is 6.92 Å². The molecule has 7 heteroatoms. The van der Waals surface area contributed by atoms with E-state index in [4.69, 9.17) is 34.8 Å². The van der Waals surface area contributed by atoms with Crippen molar-refractivity contribution in [2.75, 3.05) is 0 Å². The van der Waals surface area contributed by atoms with Crippen molar-refractivity contribution in [3.63, 3.8) is 0 Å². The van der Waals surface area contributed by atoms with E-state index in [1.807, 2.05) is 35.2 Å². The predicted molar refractivity (Wildman–Crippen MR) is 86.8 cm³/mol. The van der Waals surface area contributed by atoms with Crippen molar-refractivity contribution in [2.45, 2.75) is 26.3 Å². The van der Waals surface area contributed by atoms with Gasteiger partial charge in [0.05, 0.1) is 27.3 Å². The Morgan fingerprint density at radius 1 is 1.19 bits per heavy atom. The van der Waals surface area contributed by atoms with Gasteiger partial charge < -0.3 is 0 Å². The van der Waals surface area contributed by atoms with Gasteiger partial charge in [-0.3, -0.25) is 4.57 Å². The summed E-state index contributed by atoms with van der Waals surface area (Å²) in [7, 11) is 0. The van der Waals surface area contributed by atoms with Gasteiger partial charge in [0.2, 0.25) is 0 Å². The summed E-state index contributed by atoms with van der Waals surface area (Å²) in [6.45, 7) is 4.73. The Balaban J connectivity index is 2.36. The van der Waals surface area contributed by atoms with E-state index in [9.17, 15) is 0 Å². The summed E-state index contributed by atoms with van der Waals surface area (Å²) in [5.41, 5.74) is 3.54. The molecular formula is C14H13Cl3N4. The zero-order valence-electron chi connectivity index (χ0n) is 11.6. The number of alkyl halides is 1. The van der Waals surface area contributed by atoms with Crippen molar-refractivity contribution in [2.24, 2.45) is 0 Å². The second-order valence-electron chi connectivity index (χ2n) is 4.67. The Bertz CT molecular complexity index is 819. The van der Waals surface area contributed by atoms with Crippen LogP contribution in [-0.2, 0) is 12.4 Å². The number of halogens is 3. The van der Waals surface area contributed by atoms with E-state index in [1.165, 1.54) is 0 Å². The average Bonchev–Trinajstić information content (AvgIpc) is 2.99. The van der Waals surface area contributed by atoms with Crippen LogP contribution in [0.5, 0.6) is 0 Å². The summed E-state index contributed by atoms with van der Waals surface area (Å²) < 4.78 is 3.89. The molecule has 0 saturated heterocycles. The Morgan fingerprint density at radius 3 is 2.57 bits per heavy atom. The highest BCUT2D eigenvalue weighted by molar-refractivity contribution is 6.42. The summed E-state index contributed by atoms with van der Waals surface area (Å²) in [5, 5.41) is 5.52. The summed E-state index contributed by atoms with van der Waals surface area (Å²) in [6, 6.07) is 5.47. The second-order valence-corrected chi connectivity index (χ2v) is 5.75. The number of hydrogen-bond acceptors (Lipinski definition) is 2. The monoisotopic (exact) mass is 342 g/mol. The minimum Gasteiger partial charge on any atom is -0.280 e. The summed E-state index contributed by atoms with van der Waals surface area (Å²) in [6.07, 6.45) is 0. The van der Waals surface area contributed by atoms with Crippen molar-refractivity contribution in [3.8, 4) is 5.69 Å². The largest absolute Gasteiger partial charge is 0.280 e. The Kier molecular flexibility index (Phi) is 3.86. The minimum absolute atomic E-state index is 0.304. The first-order valence-corrected chi connectivity index (χ1v) is 7.82. The fourth-order valence-electron chi connectivity index (χ4n) is 2.42. The molecule has 0 fully saturated rings. The van der Waals surface area contributed by atoms with Gasteiger partial charge in [-0.1, -0.05) is 23.2 Å². The van der Waals surface area contributed by atoms with E-state index in [1.54, 1.807) is 6.07 Å². The van der Waals surface area contributed by atoms with Crippen molar-refractivity contribution in [1.82, 2.24) is 19.3 Å². The second kappa shape index (κ2) is 5.52. The van der Waals surface area contributed by atoms with Crippen LogP contribution >= 0.6 is 34.8 Å². The maximum absolute atomic E-state index is 6.14. The number of rotatable bonds is 3. The van der Waals surface area contributed by atoms with Crippen LogP contribution < -0.4 is 0 Å². The van der Waals surface area contributed by atoms with E-state index < -0.39 is 0 Å². The van der Waals surface area contributed by atoms with Gasteiger partial charge >= 0.3 is 0 Å². The molecule has 0 radical (unpaired) electrons. The molecule has 0 amide bonds. The van der Waals surface area contributed by atoms with Crippen LogP contribution in [0.4, 0.5) is 0 Å². The number of aryl methyl sites for hydroxylation is 2. The molecule has 110 valence electrons. The number of fused-ring (bicyclic) bond motifs is 1. The highest BCUT2D eigenvalue weighted by Gasteiger charge is 2.19. The highest BCUT2D eigenvalue weighted by Crippen LogP contribution is 2.29. The lowest BCUT2D eigenvalue weighted by atomic mass is 10.3. The lowest BCUT2D eigenvalue weighted by Crippen LogP contribution is -2.06. The molecule has 2 heterocycles. The fourth-order valence-corrected chi connectivity index (χ4v) is 2.89. The van der Waals surface area contributed by atoms with Crippen LogP contribution in [0.3, 0.4) is 0 Å². The summed E-state index contributed by atoms with van der Waals surface area (Å²) in [4.78, 5) is 4.60. The molecule has 0 atom stereocenters. The number of nitrogens with zero attached hydrogens (tertiary/aromatic N) is 4. The molecule has 0 saturated carbocycles. The number of hydrogen-bond donors (Lipinski definition) is 0. The third-order valence-electron chi connectivity index (χ3n) is 3.36. The standard InChI is InChI=1S/C14H13Cl3N4/c1-3-20-14-13(8(2)19-20)18-12(7-15)21(14)9-4-5-10(16)11(17)6-9/h4-6H,3,7H2,1-2H3. The van der Waals surface area contributed by atoms with Crippen LogP contribution in [-0.4, -0.2) is 19.3 Å². The first-order chi connectivity index (χ1) is 10.1. The highest BCUT2D eigenvalue weighted by atomic mass is 35.5. The molecular weight excluding hydrogens is 331 g/mol. The molecule has 0 aliphatic rings. The topological polar surface area (TPSA) is 35.6 Å². The predicted octanol–water partition coefficient (Wildman–Crippen LogP) is 4.60. The normalized spacial score (nSPS) is 11.5. The molecule has 0 aliphatic heterocycles. The van der Waals surface area contributed by atoms with E-state index in [0.29, 0.717) is 15.9 Å². The Morgan fingerprint density at radius 2 is 1.95 bits per heavy atom. The Labute approximate surface area is 137 Å². The lowest BCUT2D eigenvalue weighted by molar-refractivity contribution is 0.660. The molecule has 21 heavy (non-hydrogen) atoms. The van der Waals surface area contributed by atoms with Gasteiger partial charge in [-0.05, 0) is 32.0 Å². The molecule has 2 aromatic heterocycles. The van der Waals surface area contributed by atoms with Crippen LogP contribution in [0.1, 0.15) is 18.4 Å². The van der Waals surface area contributed by atoms with Crippen LogP contribution in [0.2, 0.25) is 10.0 Å². The maximum atomic E-state index is 6.14. The maximum Gasteiger partial charge on any atom is 0.163 e. The third kappa shape index (κ3) is 2.31. The van der Waals surface area contributed by atoms with E-state index in [-0.39, 0.29) is 0 Å². The van der Waals surface area contributed by atoms with E-state index >= 15 is 0 Å². The summed E-state index contributed by atoms with van der Waals surface area (Å²) >= 11 is 18.2. The van der Waals surface area contributed by atoms with Gasteiger partial charge in [0, 0.05) is 6.54 Å². The molecule has 3 aromatic rings. The SMILES string of the molecule is CCn1nc(C)c2nc(CCl)n(-c3ccc(Cl)c(Cl)c3)c21. The Hall–Kier alpha value is -1.23. The first-order valence-electron chi connectivity index (χ1n) is 6.53. The van der Waals surface area contributed by atoms with Crippen molar-refractivity contribution in [3.05, 3.63) is 39.8 Å². The van der Waals surface area contributed by atoms with Gasteiger partial charge in [0.25, 0.3) is 0 Å². The number of imidazole rings is 1. The van der Waals surface area contributed by atoms with Crippen molar-refractivity contribution in [1.29, 1.82) is 0 Å². The zero-order valence-corrected chi connectivity index (χ0v) is 13.8. The first kappa shape index (κ1) is 14.7. The van der Waals surface area contributed by atoms with Gasteiger partial charge in [0.1, 0.15) is 11.3 Å². The van der Waals surface area contributed by atoms with Crippen LogP contribution in [0.25, 0.3) is 16.9 Å². The van der Waals surface area contributed by atoms with E-state index in [0.717, 1.165) is 34.9 Å². The molecule has 0 unspecified atom stereocenters. The van der Waals surface area contributed by atoms with E-state index in [2.05, 4.69) is 10.1 Å². The minimum atomic E-state index is 0.304. The number of aromatic nitrogens is 4. The zero-order chi connectivity index (χ0) is 15.1. The molecule has 1 aromatic carbocycles. The third-order valence-corrected chi connectivity index (χ3v) is 4.34. The fraction of sp³-hybridized carbons (Fsp3) is 0.286. The molecule has 0 N–H and O–H groups in total. The molecule has 0 bridgehead atoms. The van der Waals surface area contributed by atoms with Gasteiger partial charge in [-0.15, -0.1) is 11.6 Å². The van der Waals surface area contributed by atoms with Gasteiger partial charge in [-0.2, -0.15) is 5.10 Å². The van der Waals surface area contributed by atoms with Gasteiger partial charge in [0.15, 0.2) is 5.65 Å². The molecule has 0 spiro atoms. The van der Waals surface area contributed by atoms with Crippen LogP contribution in [0.15, 0.2) is 18.2 Å². The van der Waals surface area contributed by atoms with Gasteiger partial charge in [-0.25, -0.2) is 9.67 Å². The number of benzene rings is 1. The van der Waals surface area contributed by atoms with Crippen molar-refractivity contribution < 1.29 is 0 Å². The summed E-state index contributed by atoms with van der Waals surface area (Å²) in [5.74, 6) is 1.06. The average molecular weight is 344 g/mol. The molecule has 3 rings (SSSR count). The molecule has 4 nitrogen and oxygen atoms in total. The molecule has 0 aliphatic carbocycles. The van der Waals surface area contributed by atoms with Crippen molar-refractivity contribution >= 4 is 46.0 Å². The quantitative estimate of drug-likeness (QED) is 0.652. The lowest BCUT2D eigenvalue weighted by Gasteiger charge is -2.10.